The molecule has 7 nitrogen and oxygen atoms in total. The van der Waals surface area contributed by atoms with Crippen molar-refractivity contribution in [3.8, 4) is 0 Å². The molecule has 2 aliphatic rings. The zero-order chi connectivity index (χ0) is 19.7. The first-order valence-electron chi connectivity index (χ1n) is 8.83. The maximum absolute atomic E-state index is 12.8. The molecule has 3 rings (SSSR count). The molecule has 1 amide bonds. The van der Waals surface area contributed by atoms with E-state index < -0.39 is 30.2 Å². The number of nitrogens with zero attached hydrogens (tertiary/aromatic N) is 1. The molecular formula is C18H24ClN3O4S. The minimum absolute atomic E-state index is 0.140. The van der Waals surface area contributed by atoms with Crippen molar-refractivity contribution in [2.75, 3.05) is 25.2 Å². The number of fused-ring (bicyclic) bond motifs is 1. The zero-order valence-electron chi connectivity index (χ0n) is 15.2. The number of carbonyl (C=O) groups is 1. The lowest BCUT2D eigenvalue weighted by molar-refractivity contribution is -0.131. The lowest BCUT2D eigenvalue weighted by atomic mass is 9.77. The van der Waals surface area contributed by atoms with Crippen molar-refractivity contribution in [1.29, 1.82) is 0 Å². The van der Waals surface area contributed by atoms with Gasteiger partial charge >= 0.3 is 0 Å². The molecule has 0 unspecified atom stereocenters. The highest BCUT2D eigenvalue weighted by atomic mass is 35.5. The standard InChI is InChI=1S/C18H24ClN3O4S/c1-9-3-4-10(7-12(9)19)22-15-11(17(25)20-5-6-26-2)8-13(23)16(24)14(15)21-18(22)27/h3-4,7,11,13-16,23-24H,5-6,8H2,1-2H3,(H,20,25)(H,21,27)/t11-,13-,14-,15+,16+/m1/s1. The molecule has 1 heterocycles. The Bertz CT molecular complexity index is 735. The average molecular weight is 414 g/mol. The Hall–Kier alpha value is -1.45. The number of aryl methyl sites for hydroxylation is 1. The Balaban J connectivity index is 1.93. The van der Waals surface area contributed by atoms with Gasteiger partial charge in [-0.2, -0.15) is 0 Å². The van der Waals surface area contributed by atoms with Gasteiger partial charge in [0.05, 0.1) is 30.7 Å². The number of benzene rings is 1. The fourth-order valence-electron chi connectivity index (χ4n) is 3.78. The molecule has 0 spiro atoms. The first-order chi connectivity index (χ1) is 12.8. The molecule has 5 atom stereocenters. The Morgan fingerprint density at radius 2 is 2.22 bits per heavy atom. The molecule has 1 aliphatic heterocycles. The molecule has 27 heavy (non-hydrogen) atoms. The predicted molar refractivity (Wildman–Crippen MR) is 107 cm³/mol. The molecule has 0 aromatic heterocycles. The van der Waals surface area contributed by atoms with Crippen molar-refractivity contribution in [2.24, 2.45) is 5.92 Å². The Morgan fingerprint density at radius 1 is 1.48 bits per heavy atom. The number of aliphatic hydroxyl groups excluding tert-OH is 2. The smallest absolute Gasteiger partial charge is 0.225 e. The molecule has 1 aromatic rings. The summed E-state index contributed by atoms with van der Waals surface area (Å²) in [6, 6.07) is 4.58. The van der Waals surface area contributed by atoms with E-state index in [0.717, 1.165) is 11.3 Å². The molecular weight excluding hydrogens is 390 g/mol. The van der Waals surface area contributed by atoms with Crippen LogP contribution in [0.25, 0.3) is 0 Å². The lowest BCUT2D eigenvalue weighted by Gasteiger charge is -2.41. The van der Waals surface area contributed by atoms with Gasteiger partial charge in [-0.3, -0.25) is 4.79 Å². The molecule has 9 heteroatoms. The van der Waals surface area contributed by atoms with Gasteiger partial charge in [-0.15, -0.1) is 0 Å². The topological polar surface area (TPSA) is 94.1 Å². The van der Waals surface area contributed by atoms with E-state index in [1.54, 1.807) is 13.2 Å². The van der Waals surface area contributed by atoms with Crippen LogP contribution in [-0.4, -0.2) is 65.8 Å². The number of hydrogen-bond donors (Lipinski definition) is 4. The Kier molecular flexibility index (Phi) is 6.22. The van der Waals surface area contributed by atoms with Gasteiger partial charge in [0.15, 0.2) is 5.11 Å². The van der Waals surface area contributed by atoms with Crippen molar-refractivity contribution in [2.45, 2.75) is 37.6 Å². The summed E-state index contributed by atoms with van der Waals surface area (Å²) in [5, 5.41) is 27.6. The summed E-state index contributed by atoms with van der Waals surface area (Å²) in [5.74, 6) is -0.763. The number of methoxy groups -OCH3 is 1. The van der Waals surface area contributed by atoms with Gasteiger partial charge < -0.3 is 30.5 Å². The van der Waals surface area contributed by atoms with Crippen LogP contribution in [0.5, 0.6) is 0 Å². The van der Waals surface area contributed by atoms with Crippen LogP contribution in [0, 0.1) is 12.8 Å². The summed E-state index contributed by atoms with van der Waals surface area (Å²) < 4.78 is 4.97. The summed E-state index contributed by atoms with van der Waals surface area (Å²) in [7, 11) is 1.56. The van der Waals surface area contributed by atoms with Gasteiger partial charge in [-0.25, -0.2) is 0 Å². The van der Waals surface area contributed by atoms with Crippen LogP contribution in [0.1, 0.15) is 12.0 Å². The SMILES string of the molecule is COCCNC(=O)[C@@H]1C[C@@H](O)[C@H](O)[C@@H]2NC(=S)N(c3ccc(C)c(Cl)c3)[C@H]21. The van der Waals surface area contributed by atoms with Crippen LogP contribution in [-0.2, 0) is 9.53 Å². The van der Waals surface area contributed by atoms with Gasteiger partial charge in [-0.1, -0.05) is 17.7 Å². The summed E-state index contributed by atoms with van der Waals surface area (Å²) in [4.78, 5) is 14.6. The van der Waals surface area contributed by atoms with E-state index in [1.807, 2.05) is 24.0 Å². The number of halogens is 1. The summed E-state index contributed by atoms with van der Waals surface area (Å²) in [5.41, 5.74) is 1.68. The van der Waals surface area contributed by atoms with Crippen molar-refractivity contribution >= 4 is 40.5 Å². The minimum Gasteiger partial charge on any atom is -0.390 e. The van der Waals surface area contributed by atoms with E-state index in [1.165, 1.54) is 0 Å². The van der Waals surface area contributed by atoms with E-state index in [0.29, 0.717) is 23.3 Å². The first kappa shape index (κ1) is 20.3. The quantitative estimate of drug-likeness (QED) is 0.414. The van der Waals surface area contributed by atoms with Crippen LogP contribution < -0.4 is 15.5 Å². The Labute approximate surface area is 168 Å². The van der Waals surface area contributed by atoms with Gasteiger partial charge in [0.25, 0.3) is 0 Å². The molecule has 148 valence electrons. The number of hydrogen-bond acceptors (Lipinski definition) is 5. The molecule has 4 N–H and O–H groups in total. The fourth-order valence-corrected chi connectivity index (χ4v) is 4.32. The molecule has 1 aromatic carbocycles. The highest BCUT2D eigenvalue weighted by Gasteiger charge is 2.53. The van der Waals surface area contributed by atoms with Crippen LogP contribution >= 0.6 is 23.8 Å². The van der Waals surface area contributed by atoms with Crippen LogP contribution in [0.4, 0.5) is 5.69 Å². The lowest BCUT2D eigenvalue weighted by Crippen LogP contribution is -2.61. The summed E-state index contributed by atoms with van der Waals surface area (Å²) in [6.45, 7) is 2.67. The van der Waals surface area contributed by atoms with Crippen molar-refractivity contribution in [3.05, 3.63) is 28.8 Å². The van der Waals surface area contributed by atoms with Gasteiger partial charge in [-0.05, 0) is 43.3 Å². The zero-order valence-corrected chi connectivity index (χ0v) is 16.8. The number of thiocarbonyl (C=S) groups is 1. The van der Waals surface area contributed by atoms with Crippen LogP contribution in [0.3, 0.4) is 0 Å². The number of nitrogens with one attached hydrogen (secondary N) is 2. The highest BCUT2D eigenvalue weighted by molar-refractivity contribution is 7.80. The fraction of sp³-hybridized carbons (Fsp3) is 0.556. The molecule has 2 fully saturated rings. The number of anilines is 1. The van der Waals surface area contributed by atoms with Gasteiger partial charge in [0.1, 0.15) is 6.10 Å². The molecule has 1 saturated carbocycles. The van der Waals surface area contributed by atoms with Crippen LogP contribution in [0.2, 0.25) is 5.02 Å². The predicted octanol–water partition coefficient (Wildman–Crippen LogP) is 0.584. The van der Waals surface area contributed by atoms with Crippen molar-refractivity contribution in [3.63, 3.8) is 0 Å². The van der Waals surface area contributed by atoms with Crippen molar-refractivity contribution in [1.82, 2.24) is 10.6 Å². The second-order valence-electron chi connectivity index (χ2n) is 6.95. The number of amides is 1. The monoisotopic (exact) mass is 413 g/mol. The second kappa shape index (κ2) is 8.28. The third-order valence-electron chi connectivity index (χ3n) is 5.22. The second-order valence-corrected chi connectivity index (χ2v) is 7.75. The normalized spacial score (nSPS) is 30.0. The van der Waals surface area contributed by atoms with E-state index in [9.17, 15) is 15.0 Å². The Morgan fingerprint density at radius 3 is 2.89 bits per heavy atom. The van der Waals surface area contributed by atoms with Crippen molar-refractivity contribution < 1.29 is 19.7 Å². The summed E-state index contributed by atoms with van der Waals surface area (Å²) >= 11 is 11.8. The first-order valence-corrected chi connectivity index (χ1v) is 9.62. The average Bonchev–Trinajstić information content (AvgIpc) is 2.98. The molecule has 0 bridgehead atoms. The maximum atomic E-state index is 12.8. The number of aliphatic hydroxyl groups is 2. The molecule has 0 radical (unpaired) electrons. The maximum Gasteiger partial charge on any atom is 0.225 e. The van der Waals surface area contributed by atoms with E-state index in [2.05, 4.69) is 10.6 Å². The number of carbonyl (C=O) groups excluding carboxylic acids is 1. The van der Waals surface area contributed by atoms with Gasteiger partial charge in [0.2, 0.25) is 5.91 Å². The van der Waals surface area contributed by atoms with Crippen LogP contribution in [0.15, 0.2) is 18.2 Å². The minimum atomic E-state index is -1.03. The summed E-state index contributed by atoms with van der Waals surface area (Å²) in [6.07, 6.45) is -1.90. The third kappa shape index (κ3) is 3.90. The van der Waals surface area contributed by atoms with E-state index >= 15 is 0 Å². The van der Waals surface area contributed by atoms with Gasteiger partial charge in [0, 0.05) is 24.4 Å². The molecule has 1 saturated heterocycles. The van der Waals surface area contributed by atoms with E-state index in [-0.39, 0.29) is 12.3 Å². The number of ether oxygens (including phenoxy) is 1. The largest absolute Gasteiger partial charge is 0.390 e. The van der Waals surface area contributed by atoms with E-state index in [4.69, 9.17) is 28.6 Å². The molecule has 1 aliphatic carbocycles. The number of rotatable bonds is 5. The third-order valence-corrected chi connectivity index (χ3v) is 5.94. The highest BCUT2D eigenvalue weighted by Crippen LogP contribution is 2.37.